The summed E-state index contributed by atoms with van der Waals surface area (Å²) in [4.78, 5) is 0. The van der Waals surface area contributed by atoms with Gasteiger partial charge in [0.1, 0.15) is 23.9 Å². The summed E-state index contributed by atoms with van der Waals surface area (Å²) < 4.78 is 18.0. The van der Waals surface area contributed by atoms with Crippen LogP contribution in [0.25, 0.3) is 0 Å². The molecule has 4 nitrogen and oxygen atoms in total. The van der Waals surface area contributed by atoms with Crippen LogP contribution in [0.2, 0.25) is 5.02 Å². The first-order chi connectivity index (χ1) is 9.73. The fourth-order valence-corrected chi connectivity index (χ4v) is 3.60. The summed E-state index contributed by atoms with van der Waals surface area (Å²) in [7, 11) is 0. The lowest BCUT2D eigenvalue weighted by atomic mass is 9.87. The van der Waals surface area contributed by atoms with Crippen molar-refractivity contribution in [2.45, 2.75) is 63.5 Å². The smallest absolute Gasteiger partial charge is 0.164 e. The second kappa shape index (κ2) is 4.93. The second-order valence-corrected chi connectivity index (χ2v) is 6.92. The van der Waals surface area contributed by atoms with Crippen molar-refractivity contribution in [3.05, 3.63) is 34.9 Å². The molecule has 1 aromatic rings. The van der Waals surface area contributed by atoms with E-state index < -0.39 is 23.6 Å². The largest absolute Gasteiger partial charge is 0.386 e. The summed E-state index contributed by atoms with van der Waals surface area (Å²) in [5.74, 6) is -0.671. The molecular weight excluding hydrogens is 292 g/mol. The first kappa shape index (κ1) is 15.3. The molecule has 0 aliphatic carbocycles. The van der Waals surface area contributed by atoms with Crippen molar-refractivity contribution in [1.82, 2.24) is 0 Å². The first-order valence-corrected chi connectivity index (χ1v) is 7.58. The minimum Gasteiger partial charge on any atom is -0.386 e. The third-order valence-corrected chi connectivity index (χ3v) is 4.54. The van der Waals surface area contributed by atoms with Crippen molar-refractivity contribution in [3.63, 3.8) is 0 Å². The Bertz CT molecular complexity index is 530. The number of aliphatic hydroxyl groups is 1. The van der Waals surface area contributed by atoms with Crippen LogP contribution >= 0.6 is 11.6 Å². The van der Waals surface area contributed by atoms with E-state index in [1.807, 2.05) is 27.7 Å². The predicted octanol–water partition coefficient (Wildman–Crippen LogP) is 3.07. The van der Waals surface area contributed by atoms with Crippen LogP contribution in [0.15, 0.2) is 24.3 Å². The standard InChI is InChI=1S/C16H21ClO4/c1-9-13-16(4,21-15(2,3)20-13)14(19-9)12(18)10-5-7-11(17)8-6-10/h5-9,12-14,18H,1-4H3/t9-,12+,13-,14+,16-/m0/s1. The summed E-state index contributed by atoms with van der Waals surface area (Å²) in [6.07, 6.45) is -1.61. The van der Waals surface area contributed by atoms with Crippen LogP contribution in [-0.2, 0) is 14.2 Å². The van der Waals surface area contributed by atoms with Crippen LogP contribution in [0.5, 0.6) is 0 Å². The highest BCUT2D eigenvalue weighted by molar-refractivity contribution is 6.30. The lowest BCUT2D eigenvalue weighted by Crippen LogP contribution is -2.46. The molecule has 2 aliphatic rings. The molecule has 0 spiro atoms. The monoisotopic (exact) mass is 312 g/mol. The molecule has 2 aliphatic heterocycles. The van der Waals surface area contributed by atoms with Gasteiger partial charge < -0.3 is 19.3 Å². The highest BCUT2D eigenvalue weighted by Crippen LogP contribution is 2.49. The van der Waals surface area contributed by atoms with Crippen molar-refractivity contribution in [1.29, 1.82) is 0 Å². The van der Waals surface area contributed by atoms with Gasteiger partial charge in [0.15, 0.2) is 5.79 Å². The molecule has 2 saturated heterocycles. The molecule has 21 heavy (non-hydrogen) atoms. The third-order valence-electron chi connectivity index (χ3n) is 4.29. The fourth-order valence-electron chi connectivity index (χ4n) is 3.48. The highest BCUT2D eigenvalue weighted by atomic mass is 35.5. The van der Waals surface area contributed by atoms with Gasteiger partial charge in [0, 0.05) is 5.02 Å². The van der Waals surface area contributed by atoms with Crippen molar-refractivity contribution in [2.75, 3.05) is 0 Å². The maximum Gasteiger partial charge on any atom is 0.164 e. The van der Waals surface area contributed by atoms with Crippen LogP contribution in [0, 0.1) is 0 Å². The molecule has 0 bridgehead atoms. The van der Waals surface area contributed by atoms with Crippen LogP contribution in [0.3, 0.4) is 0 Å². The van der Waals surface area contributed by atoms with E-state index in [1.165, 1.54) is 0 Å². The Morgan fingerprint density at radius 1 is 1.19 bits per heavy atom. The molecule has 3 rings (SSSR count). The number of benzene rings is 1. The minimum atomic E-state index is -0.794. The summed E-state index contributed by atoms with van der Waals surface area (Å²) in [6.45, 7) is 7.66. The molecule has 0 radical (unpaired) electrons. The number of ether oxygens (including phenoxy) is 3. The van der Waals surface area contributed by atoms with Crippen LogP contribution in [0.1, 0.15) is 39.4 Å². The van der Waals surface area contributed by atoms with Gasteiger partial charge in [0.25, 0.3) is 0 Å². The molecule has 0 unspecified atom stereocenters. The molecule has 1 N–H and O–H groups in total. The molecule has 1 aromatic carbocycles. The van der Waals surface area contributed by atoms with Gasteiger partial charge in [-0.2, -0.15) is 0 Å². The van der Waals surface area contributed by atoms with E-state index in [0.29, 0.717) is 5.02 Å². The number of rotatable bonds is 2. The van der Waals surface area contributed by atoms with Gasteiger partial charge >= 0.3 is 0 Å². The topological polar surface area (TPSA) is 47.9 Å². The van der Waals surface area contributed by atoms with Gasteiger partial charge in [-0.15, -0.1) is 0 Å². The van der Waals surface area contributed by atoms with E-state index in [4.69, 9.17) is 25.8 Å². The normalized spacial score (nSPS) is 39.2. The summed E-state index contributed by atoms with van der Waals surface area (Å²) in [6, 6.07) is 7.12. The third kappa shape index (κ3) is 2.49. The Balaban J connectivity index is 1.90. The predicted molar refractivity (Wildman–Crippen MR) is 79.2 cm³/mol. The van der Waals surface area contributed by atoms with Gasteiger partial charge in [-0.25, -0.2) is 0 Å². The Morgan fingerprint density at radius 2 is 1.81 bits per heavy atom. The lowest BCUT2D eigenvalue weighted by molar-refractivity contribution is -0.214. The van der Waals surface area contributed by atoms with Gasteiger partial charge in [0.2, 0.25) is 0 Å². The molecular formula is C16H21ClO4. The average Bonchev–Trinajstić information content (AvgIpc) is 2.78. The number of hydrogen-bond acceptors (Lipinski definition) is 4. The van der Waals surface area contributed by atoms with E-state index in [-0.39, 0.29) is 12.2 Å². The van der Waals surface area contributed by atoms with Crippen molar-refractivity contribution in [2.24, 2.45) is 0 Å². The van der Waals surface area contributed by atoms with E-state index in [9.17, 15) is 5.11 Å². The molecule has 5 heteroatoms. The van der Waals surface area contributed by atoms with Crippen molar-refractivity contribution < 1.29 is 19.3 Å². The molecule has 5 atom stereocenters. The zero-order chi connectivity index (χ0) is 15.4. The number of halogens is 1. The Morgan fingerprint density at radius 3 is 2.43 bits per heavy atom. The summed E-state index contributed by atoms with van der Waals surface area (Å²) >= 11 is 5.90. The number of aliphatic hydroxyl groups excluding tert-OH is 1. The van der Waals surface area contributed by atoms with E-state index in [2.05, 4.69) is 0 Å². The molecule has 116 valence electrons. The zero-order valence-corrected chi connectivity index (χ0v) is 13.4. The molecule has 0 aromatic heterocycles. The van der Waals surface area contributed by atoms with E-state index in [1.54, 1.807) is 24.3 Å². The Kier molecular flexibility index (Phi) is 3.58. The zero-order valence-electron chi connectivity index (χ0n) is 12.7. The van der Waals surface area contributed by atoms with Gasteiger partial charge in [0.05, 0.1) is 6.10 Å². The van der Waals surface area contributed by atoms with Gasteiger partial charge in [-0.05, 0) is 45.4 Å². The maximum atomic E-state index is 10.7. The van der Waals surface area contributed by atoms with Gasteiger partial charge in [-0.3, -0.25) is 0 Å². The van der Waals surface area contributed by atoms with Crippen molar-refractivity contribution in [3.8, 4) is 0 Å². The molecule has 2 fully saturated rings. The molecule has 0 amide bonds. The molecule has 0 saturated carbocycles. The number of fused-ring (bicyclic) bond motifs is 1. The SMILES string of the molecule is C[C@@H]1O[C@H]([C@H](O)c2ccc(Cl)cc2)[C@@]2(C)OC(C)(C)O[C@@H]12. The number of hydrogen-bond donors (Lipinski definition) is 1. The quantitative estimate of drug-likeness (QED) is 0.911. The lowest BCUT2D eigenvalue weighted by Gasteiger charge is -2.32. The van der Waals surface area contributed by atoms with Gasteiger partial charge in [-0.1, -0.05) is 23.7 Å². The first-order valence-electron chi connectivity index (χ1n) is 7.20. The summed E-state index contributed by atoms with van der Waals surface area (Å²) in [5, 5.41) is 11.3. The minimum absolute atomic E-state index is 0.135. The molecule has 2 heterocycles. The summed E-state index contributed by atoms with van der Waals surface area (Å²) in [5.41, 5.74) is 0.0777. The van der Waals surface area contributed by atoms with Crippen LogP contribution in [0.4, 0.5) is 0 Å². The van der Waals surface area contributed by atoms with Crippen LogP contribution < -0.4 is 0 Å². The second-order valence-electron chi connectivity index (χ2n) is 6.48. The fraction of sp³-hybridized carbons (Fsp3) is 0.625. The Hall–Kier alpha value is -0.650. The average molecular weight is 313 g/mol. The maximum absolute atomic E-state index is 10.7. The van der Waals surface area contributed by atoms with Crippen molar-refractivity contribution >= 4 is 11.6 Å². The van der Waals surface area contributed by atoms with E-state index in [0.717, 1.165) is 5.56 Å². The Labute approximate surface area is 130 Å². The van der Waals surface area contributed by atoms with Crippen LogP contribution in [-0.4, -0.2) is 34.8 Å². The van der Waals surface area contributed by atoms with E-state index >= 15 is 0 Å². The highest BCUT2D eigenvalue weighted by Gasteiger charge is 2.63.